The van der Waals surface area contributed by atoms with Crippen LogP contribution in [-0.2, 0) is 9.59 Å². The van der Waals surface area contributed by atoms with Gasteiger partial charge in [0.05, 0.1) is 0 Å². The number of hydrogen-bond donors (Lipinski definition) is 2. The lowest BCUT2D eigenvalue weighted by atomic mass is 10.3. The molecule has 0 aromatic carbocycles. The van der Waals surface area contributed by atoms with Crippen LogP contribution in [0.15, 0.2) is 12.2 Å². The minimum Gasteiger partial charge on any atom is -0.303 e. The molecule has 0 aromatic rings. The Bertz CT molecular complexity index is 247. The summed E-state index contributed by atoms with van der Waals surface area (Å²) in [4.78, 5) is 21.5. The molecule has 2 amide bonds. The first-order chi connectivity index (χ1) is 5.18. The van der Waals surface area contributed by atoms with Crippen LogP contribution in [0.3, 0.4) is 0 Å². The first kappa shape index (κ1) is 7.87. The zero-order valence-corrected chi connectivity index (χ0v) is 6.40. The van der Waals surface area contributed by atoms with Crippen LogP contribution in [0.25, 0.3) is 0 Å². The molecule has 0 aliphatic carbocycles. The summed E-state index contributed by atoms with van der Waals surface area (Å²) in [5.41, 5.74) is 0. The maximum Gasteiger partial charge on any atom is 0.249 e. The number of thiocarbonyl (C=S) groups is 1. The van der Waals surface area contributed by atoms with Gasteiger partial charge < -0.3 is 5.32 Å². The van der Waals surface area contributed by atoms with E-state index in [0.29, 0.717) is 0 Å². The molecule has 0 saturated heterocycles. The van der Waals surface area contributed by atoms with Crippen molar-refractivity contribution < 1.29 is 9.59 Å². The quantitative estimate of drug-likeness (QED) is 0.480. The van der Waals surface area contributed by atoms with Gasteiger partial charge in [0.2, 0.25) is 11.8 Å². The van der Waals surface area contributed by atoms with E-state index in [9.17, 15) is 9.59 Å². The lowest BCUT2D eigenvalue weighted by molar-refractivity contribution is -0.119. The van der Waals surface area contributed by atoms with Crippen LogP contribution in [0.2, 0.25) is 0 Å². The first-order valence-corrected chi connectivity index (χ1v) is 3.40. The van der Waals surface area contributed by atoms with Crippen molar-refractivity contribution in [3.8, 4) is 0 Å². The highest BCUT2D eigenvalue weighted by Crippen LogP contribution is 1.87. The van der Waals surface area contributed by atoms with Crippen molar-refractivity contribution in [3.63, 3.8) is 0 Å². The molecular weight excluding hydrogens is 164 g/mol. The molecule has 0 unspecified atom stereocenters. The van der Waals surface area contributed by atoms with Gasteiger partial charge in [-0.15, -0.1) is 0 Å². The number of rotatable bonds is 0. The van der Waals surface area contributed by atoms with Gasteiger partial charge in [0, 0.05) is 6.42 Å². The van der Waals surface area contributed by atoms with Crippen LogP contribution in [0.1, 0.15) is 6.42 Å². The van der Waals surface area contributed by atoms with Gasteiger partial charge >= 0.3 is 0 Å². The molecule has 0 atom stereocenters. The van der Waals surface area contributed by atoms with Crippen LogP contribution in [0, 0.1) is 0 Å². The van der Waals surface area contributed by atoms with Crippen molar-refractivity contribution in [1.29, 1.82) is 0 Å². The van der Waals surface area contributed by atoms with Gasteiger partial charge in [-0.25, -0.2) is 0 Å². The Morgan fingerprint density at radius 3 is 2.82 bits per heavy atom. The number of amides is 2. The third-order valence-corrected chi connectivity index (χ3v) is 1.27. The predicted octanol–water partition coefficient (Wildman–Crippen LogP) is -0.536. The zero-order chi connectivity index (χ0) is 8.27. The summed E-state index contributed by atoms with van der Waals surface area (Å²) in [6.45, 7) is 0. The van der Waals surface area contributed by atoms with Gasteiger partial charge in [0.1, 0.15) is 0 Å². The predicted molar refractivity (Wildman–Crippen MR) is 42.6 cm³/mol. The van der Waals surface area contributed by atoms with Crippen molar-refractivity contribution in [2.45, 2.75) is 6.42 Å². The second-order valence-corrected chi connectivity index (χ2v) is 2.38. The normalized spacial score (nSPS) is 18.4. The van der Waals surface area contributed by atoms with E-state index in [1.165, 1.54) is 12.2 Å². The molecule has 1 aliphatic rings. The summed E-state index contributed by atoms with van der Waals surface area (Å²) in [7, 11) is 0. The molecule has 0 radical (unpaired) electrons. The van der Waals surface area contributed by atoms with E-state index in [1.807, 2.05) is 0 Å². The molecule has 1 heterocycles. The highest BCUT2D eigenvalue weighted by molar-refractivity contribution is 7.80. The van der Waals surface area contributed by atoms with E-state index in [1.54, 1.807) is 0 Å². The smallest absolute Gasteiger partial charge is 0.249 e. The maximum absolute atomic E-state index is 10.8. The molecule has 0 bridgehead atoms. The third kappa shape index (κ3) is 2.46. The highest BCUT2D eigenvalue weighted by atomic mass is 32.1. The van der Waals surface area contributed by atoms with Gasteiger partial charge in [0.25, 0.3) is 0 Å². The van der Waals surface area contributed by atoms with E-state index < -0.39 is 0 Å². The summed E-state index contributed by atoms with van der Waals surface area (Å²) in [6.07, 6.45) is 2.95. The van der Waals surface area contributed by atoms with Crippen molar-refractivity contribution in [1.82, 2.24) is 10.6 Å². The van der Waals surface area contributed by atoms with Crippen molar-refractivity contribution in [3.05, 3.63) is 12.2 Å². The van der Waals surface area contributed by atoms with Crippen molar-refractivity contribution in [2.24, 2.45) is 0 Å². The van der Waals surface area contributed by atoms with E-state index >= 15 is 0 Å². The van der Waals surface area contributed by atoms with E-state index in [-0.39, 0.29) is 23.3 Å². The molecule has 1 rings (SSSR count). The minimum atomic E-state index is -0.310. The van der Waals surface area contributed by atoms with Crippen LogP contribution < -0.4 is 10.6 Å². The van der Waals surface area contributed by atoms with Gasteiger partial charge in [0.15, 0.2) is 5.11 Å². The van der Waals surface area contributed by atoms with Gasteiger partial charge in [-0.1, -0.05) is 6.08 Å². The fourth-order valence-corrected chi connectivity index (χ4v) is 0.850. The summed E-state index contributed by atoms with van der Waals surface area (Å²) < 4.78 is 0. The van der Waals surface area contributed by atoms with Crippen LogP contribution in [0.5, 0.6) is 0 Å². The molecule has 0 fully saturated rings. The lowest BCUT2D eigenvalue weighted by Crippen LogP contribution is -2.42. The SMILES string of the molecule is O=C1C=CCC(=O)NC(=S)N1. The highest BCUT2D eigenvalue weighted by Gasteiger charge is 2.07. The molecule has 0 spiro atoms. The van der Waals surface area contributed by atoms with Gasteiger partial charge in [-0.2, -0.15) is 0 Å². The van der Waals surface area contributed by atoms with Crippen LogP contribution in [-0.4, -0.2) is 16.9 Å². The largest absolute Gasteiger partial charge is 0.303 e. The van der Waals surface area contributed by atoms with E-state index in [4.69, 9.17) is 0 Å². The Hall–Kier alpha value is -1.23. The molecule has 0 aromatic heterocycles. The fraction of sp³-hybridized carbons (Fsp3) is 0.167. The fourth-order valence-electron chi connectivity index (χ4n) is 0.635. The second kappa shape index (κ2) is 3.25. The Labute approximate surface area is 68.7 Å². The number of carbonyl (C=O) groups is 2. The Balaban J connectivity index is 2.71. The molecule has 4 nitrogen and oxygen atoms in total. The van der Waals surface area contributed by atoms with E-state index in [0.717, 1.165) is 0 Å². The second-order valence-electron chi connectivity index (χ2n) is 1.97. The molecular formula is C6H6N2O2S. The van der Waals surface area contributed by atoms with Crippen LogP contribution >= 0.6 is 12.2 Å². The summed E-state index contributed by atoms with van der Waals surface area (Å²) in [6, 6.07) is 0. The number of hydrogen-bond acceptors (Lipinski definition) is 3. The summed E-state index contributed by atoms with van der Waals surface area (Å²) in [5.74, 6) is -0.527. The third-order valence-electron chi connectivity index (χ3n) is 1.06. The average Bonchev–Trinajstić information content (AvgIpc) is 1.83. The molecule has 11 heavy (non-hydrogen) atoms. The van der Waals surface area contributed by atoms with Crippen molar-refractivity contribution in [2.75, 3.05) is 0 Å². The standard InChI is InChI=1S/C6H6N2O2S/c9-4-2-1-3-5(10)8-6(11)7-4/h1-2H,3H2,(H2,7,8,9,10,11). The maximum atomic E-state index is 10.8. The Kier molecular flexibility index (Phi) is 2.32. The Morgan fingerprint density at radius 1 is 1.36 bits per heavy atom. The average molecular weight is 170 g/mol. The molecule has 0 saturated carbocycles. The van der Waals surface area contributed by atoms with Gasteiger partial charge in [-0.05, 0) is 18.3 Å². The Morgan fingerprint density at radius 2 is 2.09 bits per heavy atom. The molecule has 58 valence electrons. The topological polar surface area (TPSA) is 58.2 Å². The first-order valence-electron chi connectivity index (χ1n) is 3.00. The molecule has 2 N–H and O–H groups in total. The molecule has 1 aliphatic heterocycles. The minimum absolute atomic E-state index is 0.0596. The monoisotopic (exact) mass is 170 g/mol. The summed E-state index contributed by atoms with van der Waals surface area (Å²) in [5, 5.41) is 4.67. The van der Waals surface area contributed by atoms with Crippen LogP contribution in [0.4, 0.5) is 0 Å². The lowest BCUT2D eigenvalue weighted by Gasteiger charge is -2.07. The zero-order valence-electron chi connectivity index (χ0n) is 5.59. The summed E-state index contributed by atoms with van der Waals surface area (Å²) >= 11 is 4.61. The number of nitrogens with one attached hydrogen (secondary N) is 2. The molecule has 5 heteroatoms. The van der Waals surface area contributed by atoms with Gasteiger partial charge in [-0.3, -0.25) is 14.9 Å². The van der Waals surface area contributed by atoms with E-state index in [2.05, 4.69) is 22.9 Å². The number of carbonyl (C=O) groups excluding carboxylic acids is 2. The van der Waals surface area contributed by atoms with Crippen molar-refractivity contribution >= 4 is 29.1 Å².